The van der Waals surface area contributed by atoms with Crippen molar-refractivity contribution in [2.45, 2.75) is 0 Å². The summed E-state index contributed by atoms with van der Waals surface area (Å²) in [6.45, 7) is 0. The van der Waals surface area contributed by atoms with Crippen LogP contribution in [0.4, 0.5) is 0 Å². The Kier molecular flexibility index (Phi) is 4.02. The summed E-state index contributed by atoms with van der Waals surface area (Å²) in [4.78, 5) is 9.26. The summed E-state index contributed by atoms with van der Waals surface area (Å²) >= 11 is 1.52. The minimum Gasteiger partial charge on any atom is -0.256 e. The van der Waals surface area contributed by atoms with E-state index in [-0.39, 0.29) is 0 Å². The van der Waals surface area contributed by atoms with E-state index in [1.165, 1.54) is 11.3 Å². The third-order valence-electron chi connectivity index (χ3n) is 4.77. The van der Waals surface area contributed by atoms with E-state index < -0.39 is 0 Å². The van der Waals surface area contributed by atoms with E-state index in [1.807, 2.05) is 60.7 Å². The van der Waals surface area contributed by atoms with Crippen LogP contribution in [0.15, 0.2) is 72.9 Å². The standard InChI is InChI=1S/C24H12N4S/c25-13-15-6-7-21-22(11-15)29-24(28-21)19-10-16(14-26)9-18(12-19)20-5-1-3-17-4-2-8-27-23(17)20/h1-12H. The van der Waals surface area contributed by atoms with Crippen LogP contribution in [0.25, 0.3) is 42.8 Å². The summed E-state index contributed by atoms with van der Waals surface area (Å²) in [7, 11) is 0. The minimum atomic E-state index is 0.572. The zero-order chi connectivity index (χ0) is 19.8. The van der Waals surface area contributed by atoms with Gasteiger partial charge in [0.1, 0.15) is 5.01 Å². The van der Waals surface area contributed by atoms with Gasteiger partial charge >= 0.3 is 0 Å². The molecule has 0 aliphatic heterocycles. The molecule has 5 heteroatoms. The molecule has 0 unspecified atom stereocenters. The van der Waals surface area contributed by atoms with Crippen LogP contribution in [-0.2, 0) is 0 Å². The number of para-hydroxylation sites is 1. The van der Waals surface area contributed by atoms with Crippen molar-refractivity contribution in [2.75, 3.05) is 0 Å². The van der Waals surface area contributed by atoms with Gasteiger partial charge in [-0.2, -0.15) is 10.5 Å². The SMILES string of the molecule is N#Cc1cc(-c2nc3ccc(C#N)cc3s2)cc(-c2cccc3cccnc23)c1. The van der Waals surface area contributed by atoms with Crippen molar-refractivity contribution in [1.29, 1.82) is 10.5 Å². The van der Waals surface area contributed by atoms with Crippen LogP contribution in [0.1, 0.15) is 11.1 Å². The van der Waals surface area contributed by atoms with E-state index in [9.17, 15) is 5.26 Å². The normalized spacial score (nSPS) is 10.7. The number of thiazole rings is 1. The van der Waals surface area contributed by atoms with Crippen molar-refractivity contribution in [3.63, 3.8) is 0 Å². The smallest absolute Gasteiger partial charge is 0.124 e. The van der Waals surface area contributed by atoms with Crippen molar-refractivity contribution < 1.29 is 0 Å². The quantitative estimate of drug-likeness (QED) is 0.376. The molecule has 2 heterocycles. The van der Waals surface area contributed by atoms with Crippen LogP contribution in [0.2, 0.25) is 0 Å². The molecule has 0 saturated carbocycles. The summed E-state index contributed by atoms with van der Waals surface area (Å²) in [6, 6.07) is 25.7. The van der Waals surface area contributed by atoms with Gasteiger partial charge in [0, 0.05) is 22.7 Å². The molecule has 0 bridgehead atoms. The fourth-order valence-corrected chi connectivity index (χ4v) is 4.42. The van der Waals surface area contributed by atoms with Crippen molar-refractivity contribution in [3.8, 4) is 33.8 Å². The number of hydrogen-bond acceptors (Lipinski definition) is 5. The summed E-state index contributed by atoms with van der Waals surface area (Å²) in [5.74, 6) is 0. The molecule has 0 saturated heterocycles. The van der Waals surface area contributed by atoms with Crippen molar-refractivity contribution in [1.82, 2.24) is 9.97 Å². The lowest BCUT2D eigenvalue weighted by Crippen LogP contribution is -1.88. The Hall–Kier alpha value is -4.06. The van der Waals surface area contributed by atoms with Crippen LogP contribution in [-0.4, -0.2) is 9.97 Å². The third kappa shape index (κ3) is 3.00. The summed E-state index contributed by atoms with van der Waals surface area (Å²) in [5, 5.41) is 20.6. The predicted molar refractivity (Wildman–Crippen MR) is 115 cm³/mol. The number of pyridine rings is 1. The Bertz CT molecular complexity index is 1480. The number of fused-ring (bicyclic) bond motifs is 2. The second kappa shape index (κ2) is 6.83. The van der Waals surface area contributed by atoms with Crippen LogP contribution in [0, 0.1) is 22.7 Å². The third-order valence-corrected chi connectivity index (χ3v) is 5.84. The number of nitriles is 2. The number of aromatic nitrogens is 2. The molecule has 0 amide bonds. The largest absolute Gasteiger partial charge is 0.256 e. The highest BCUT2D eigenvalue weighted by atomic mass is 32.1. The molecule has 0 fully saturated rings. The van der Waals surface area contributed by atoms with Crippen LogP contribution in [0.5, 0.6) is 0 Å². The molecular formula is C24H12N4S. The lowest BCUT2D eigenvalue weighted by molar-refractivity contribution is 1.41. The number of hydrogen-bond donors (Lipinski definition) is 0. The van der Waals surface area contributed by atoms with Crippen molar-refractivity contribution in [3.05, 3.63) is 84.1 Å². The van der Waals surface area contributed by atoms with E-state index in [4.69, 9.17) is 10.2 Å². The molecule has 4 nitrogen and oxygen atoms in total. The molecule has 0 aliphatic carbocycles. The topological polar surface area (TPSA) is 73.4 Å². The average Bonchev–Trinajstić information content (AvgIpc) is 3.21. The molecule has 0 N–H and O–H groups in total. The zero-order valence-electron chi connectivity index (χ0n) is 15.1. The lowest BCUT2D eigenvalue weighted by atomic mass is 9.98. The van der Waals surface area contributed by atoms with Gasteiger partial charge in [-0.15, -0.1) is 11.3 Å². The number of benzene rings is 3. The highest BCUT2D eigenvalue weighted by Gasteiger charge is 2.12. The highest BCUT2D eigenvalue weighted by Crippen LogP contribution is 2.35. The van der Waals surface area contributed by atoms with Gasteiger partial charge in [0.2, 0.25) is 0 Å². The summed E-state index contributed by atoms with van der Waals surface area (Å²) < 4.78 is 0.954. The molecule has 0 spiro atoms. The van der Waals surface area contributed by atoms with Gasteiger partial charge in [0.25, 0.3) is 0 Å². The van der Waals surface area contributed by atoms with Crippen molar-refractivity contribution >= 4 is 32.5 Å². The highest BCUT2D eigenvalue weighted by molar-refractivity contribution is 7.21. The fourth-order valence-electron chi connectivity index (χ4n) is 3.43. The van der Waals surface area contributed by atoms with E-state index >= 15 is 0 Å². The first-order chi connectivity index (χ1) is 14.2. The molecule has 0 radical (unpaired) electrons. The molecule has 0 atom stereocenters. The lowest BCUT2D eigenvalue weighted by Gasteiger charge is -2.08. The average molecular weight is 388 g/mol. The van der Waals surface area contributed by atoms with Gasteiger partial charge in [-0.3, -0.25) is 4.98 Å². The second-order valence-corrected chi connectivity index (χ2v) is 7.64. The summed E-state index contributed by atoms with van der Waals surface area (Å²) in [6.07, 6.45) is 1.78. The molecule has 3 aromatic carbocycles. The van der Waals surface area contributed by atoms with Crippen LogP contribution >= 0.6 is 11.3 Å². The van der Waals surface area contributed by atoms with Gasteiger partial charge < -0.3 is 0 Å². The predicted octanol–water partition coefficient (Wildman–Crippen LogP) is 5.92. The maximum atomic E-state index is 9.58. The molecule has 5 aromatic rings. The van der Waals surface area contributed by atoms with E-state index in [0.29, 0.717) is 11.1 Å². The first-order valence-corrected chi connectivity index (χ1v) is 9.77. The van der Waals surface area contributed by atoms with Crippen LogP contribution < -0.4 is 0 Å². The van der Waals surface area contributed by atoms with E-state index in [1.54, 1.807) is 12.3 Å². The molecule has 29 heavy (non-hydrogen) atoms. The maximum Gasteiger partial charge on any atom is 0.124 e. The van der Waals surface area contributed by atoms with Gasteiger partial charge in [-0.25, -0.2) is 4.98 Å². The Balaban J connectivity index is 1.72. The van der Waals surface area contributed by atoms with Gasteiger partial charge in [-0.1, -0.05) is 24.3 Å². The maximum absolute atomic E-state index is 9.58. The summed E-state index contributed by atoms with van der Waals surface area (Å²) in [5.41, 5.74) is 5.73. The number of nitrogens with zero attached hydrogens (tertiary/aromatic N) is 4. The van der Waals surface area contributed by atoms with Gasteiger partial charge in [0.15, 0.2) is 0 Å². The van der Waals surface area contributed by atoms with Gasteiger partial charge in [0.05, 0.1) is 39.0 Å². The second-order valence-electron chi connectivity index (χ2n) is 6.60. The van der Waals surface area contributed by atoms with E-state index in [2.05, 4.69) is 17.1 Å². The molecule has 5 rings (SSSR count). The Morgan fingerprint density at radius 3 is 2.48 bits per heavy atom. The molecule has 2 aromatic heterocycles. The Morgan fingerprint density at radius 2 is 1.62 bits per heavy atom. The number of rotatable bonds is 2. The Morgan fingerprint density at radius 1 is 0.793 bits per heavy atom. The fraction of sp³-hybridized carbons (Fsp3) is 0. The minimum absolute atomic E-state index is 0.572. The molecule has 0 aliphatic rings. The van der Waals surface area contributed by atoms with Gasteiger partial charge in [-0.05, 0) is 48.0 Å². The van der Waals surface area contributed by atoms with E-state index in [0.717, 1.165) is 42.8 Å². The molecule has 134 valence electrons. The zero-order valence-corrected chi connectivity index (χ0v) is 15.9. The Labute approximate surface area is 171 Å². The monoisotopic (exact) mass is 388 g/mol. The molecular weight excluding hydrogens is 376 g/mol. The first-order valence-electron chi connectivity index (χ1n) is 8.95. The van der Waals surface area contributed by atoms with Crippen LogP contribution in [0.3, 0.4) is 0 Å². The first kappa shape index (κ1) is 17.1. The van der Waals surface area contributed by atoms with Crippen molar-refractivity contribution in [2.24, 2.45) is 0 Å².